The van der Waals surface area contributed by atoms with E-state index >= 15 is 0 Å². The molecule has 6 nitrogen and oxygen atoms in total. The van der Waals surface area contributed by atoms with Crippen molar-refractivity contribution in [3.63, 3.8) is 0 Å². The zero-order chi connectivity index (χ0) is 20.0. The molecule has 4 aromatic rings. The van der Waals surface area contributed by atoms with Crippen LogP contribution in [0.3, 0.4) is 0 Å². The van der Waals surface area contributed by atoms with Crippen LogP contribution in [0.25, 0.3) is 16.0 Å². The number of anilines is 1. The standard InChI is InChI=1S/C19H15ClFN5OS/c1-9-6-10(2)23-19(22-9)26-15(7-11(3)25-26)24-18(27)17-16(20)13-5-4-12(21)8-14(13)28-17/h4-8H,1-3H3,(H,24,27). The zero-order valence-corrected chi connectivity index (χ0v) is 16.8. The lowest BCUT2D eigenvalue weighted by Gasteiger charge is -2.08. The number of carbonyl (C=O) groups is 1. The molecule has 1 amide bonds. The highest BCUT2D eigenvalue weighted by Crippen LogP contribution is 2.36. The minimum absolute atomic E-state index is 0.294. The van der Waals surface area contributed by atoms with Crippen molar-refractivity contribution < 1.29 is 9.18 Å². The molecule has 142 valence electrons. The van der Waals surface area contributed by atoms with Crippen LogP contribution < -0.4 is 5.32 Å². The van der Waals surface area contributed by atoms with Crippen LogP contribution in [0.4, 0.5) is 10.2 Å². The Balaban J connectivity index is 1.72. The molecular weight excluding hydrogens is 401 g/mol. The number of halogens is 2. The maximum absolute atomic E-state index is 13.5. The molecule has 0 saturated heterocycles. The number of nitrogens with zero attached hydrogens (tertiary/aromatic N) is 4. The summed E-state index contributed by atoms with van der Waals surface area (Å²) in [6.45, 7) is 5.54. The van der Waals surface area contributed by atoms with Gasteiger partial charge in [0.1, 0.15) is 16.5 Å². The highest BCUT2D eigenvalue weighted by atomic mass is 35.5. The van der Waals surface area contributed by atoms with Crippen LogP contribution >= 0.6 is 22.9 Å². The molecule has 1 aromatic carbocycles. The van der Waals surface area contributed by atoms with Crippen LogP contribution in [0, 0.1) is 26.6 Å². The molecule has 0 radical (unpaired) electrons. The molecule has 0 bridgehead atoms. The SMILES string of the molecule is Cc1cc(C)nc(-n2nc(C)cc2NC(=O)c2sc3cc(F)ccc3c2Cl)n1. The molecule has 4 rings (SSSR count). The van der Waals surface area contributed by atoms with Gasteiger partial charge in [0.05, 0.1) is 10.7 Å². The molecule has 0 fully saturated rings. The van der Waals surface area contributed by atoms with Crippen molar-refractivity contribution in [2.75, 3.05) is 5.32 Å². The molecule has 0 saturated carbocycles. The first-order valence-electron chi connectivity index (χ1n) is 8.40. The lowest BCUT2D eigenvalue weighted by Crippen LogP contribution is -2.16. The number of hydrogen-bond acceptors (Lipinski definition) is 5. The third kappa shape index (κ3) is 3.36. The number of carbonyl (C=O) groups excluding carboxylic acids is 1. The van der Waals surface area contributed by atoms with E-state index in [0.29, 0.717) is 37.4 Å². The summed E-state index contributed by atoms with van der Waals surface area (Å²) in [7, 11) is 0. The number of rotatable bonds is 3. The molecular formula is C19H15ClFN5OS. The zero-order valence-electron chi connectivity index (χ0n) is 15.2. The number of thiophene rings is 1. The third-order valence-electron chi connectivity index (χ3n) is 4.03. The Bertz CT molecular complexity index is 1210. The lowest BCUT2D eigenvalue weighted by atomic mass is 10.2. The fraction of sp³-hybridized carbons (Fsp3) is 0.158. The molecule has 0 aliphatic carbocycles. The normalized spacial score (nSPS) is 11.2. The van der Waals surface area contributed by atoms with E-state index in [4.69, 9.17) is 11.6 Å². The maximum Gasteiger partial charge on any atom is 0.268 e. The Labute approximate surface area is 169 Å². The van der Waals surface area contributed by atoms with Crippen molar-refractivity contribution in [1.29, 1.82) is 0 Å². The van der Waals surface area contributed by atoms with Crippen LogP contribution in [0.5, 0.6) is 0 Å². The maximum atomic E-state index is 13.5. The van der Waals surface area contributed by atoms with Crippen LogP contribution in [0.15, 0.2) is 30.3 Å². The van der Waals surface area contributed by atoms with Gasteiger partial charge in [0.2, 0.25) is 0 Å². The van der Waals surface area contributed by atoms with Crippen LogP contribution in [0.1, 0.15) is 26.8 Å². The average Bonchev–Trinajstić information content (AvgIpc) is 3.14. The minimum Gasteiger partial charge on any atom is -0.306 e. The number of fused-ring (bicyclic) bond motifs is 1. The highest BCUT2D eigenvalue weighted by molar-refractivity contribution is 7.21. The van der Waals surface area contributed by atoms with Gasteiger partial charge in [-0.2, -0.15) is 9.78 Å². The number of hydrogen-bond donors (Lipinski definition) is 1. The fourth-order valence-corrected chi connectivity index (χ4v) is 4.34. The Morgan fingerprint density at radius 2 is 1.82 bits per heavy atom. The van der Waals surface area contributed by atoms with E-state index in [-0.39, 0.29) is 5.82 Å². The molecule has 3 aromatic heterocycles. The molecule has 0 spiro atoms. The minimum atomic E-state index is -0.405. The van der Waals surface area contributed by atoms with Crippen molar-refractivity contribution in [3.8, 4) is 5.95 Å². The summed E-state index contributed by atoms with van der Waals surface area (Å²) in [6.07, 6.45) is 0. The summed E-state index contributed by atoms with van der Waals surface area (Å²) in [5.74, 6) is 0.00721. The van der Waals surface area contributed by atoms with Crippen molar-refractivity contribution in [2.45, 2.75) is 20.8 Å². The molecule has 1 N–H and O–H groups in total. The fourth-order valence-electron chi connectivity index (χ4n) is 2.90. The van der Waals surface area contributed by atoms with Gasteiger partial charge in [0, 0.05) is 27.5 Å². The molecule has 0 unspecified atom stereocenters. The summed E-state index contributed by atoms with van der Waals surface area (Å²) in [5.41, 5.74) is 2.28. The van der Waals surface area contributed by atoms with Gasteiger partial charge in [0.25, 0.3) is 11.9 Å². The lowest BCUT2D eigenvalue weighted by molar-refractivity contribution is 0.103. The predicted octanol–water partition coefficient (Wildman–Crippen LogP) is 4.85. The van der Waals surface area contributed by atoms with E-state index in [0.717, 1.165) is 22.7 Å². The van der Waals surface area contributed by atoms with Crippen LogP contribution in [0.2, 0.25) is 5.02 Å². The van der Waals surface area contributed by atoms with Gasteiger partial charge >= 0.3 is 0 Å². The van der Waals surface area contributed by atoms with E-state index in [2.05, 4.69) is 20.4 Å². The van der Waals surface area contributed by atoms with Gasteiger partial charge in [-0.25, -0.2) is 14.4 Å². The molecule has 0 aliphatic heterocycles. The number of benzene rings is 1. The van der Waals surface area contributed by atoms with Gasteiger partial charge in [-0.1, -0.05) is 11.6 Å². The Morgan fingerprint density at radius 3 is 2.54 bits per heavy atom. The van der Waals surface area contributed by atoms with Gasteiger partial charge in [0.15, 0.2) is 0 Å². The highest BCUT2D eigenvalue weighted by Gasteiger charge is 2.20. The summed E-state index contributed by atoms with van der Waals surface area (Å²) < 4.78 is 15.6. The van der Waals surface area contributed by atoms with E-state index in [9.17, 15) is 9.18 Å². The van der Waals surface area contributed by atoms with Crippen molar-refractivity contribution >= 4 is 44.7 Å². The summed E-state index contributed by atoms with van der Waals surface area (Å²) >= 11 is 7.49. The van der Waals surface area contributed by atoms with Gasteiger partial charge in [-0.15, -0.1) is 11.3 Å². The van der Waals surface area contributed by atoms with E-state index < -0.39 is 5.91 Å². The molecule has 3 heterocycles. The number of aromatic nitrogens is 4. The van der Waals surface area contributed by atoms with E-state index in [1.807, 2.05) is 26.8 Å². The Hall–Kier alpha value is -2.84. The summed E-state index contributed by atoms with van der Waals surface area (Å²) in [6, 6.07) is 7.82. The second-order valence-corrected chi connectivity index (χ2v) is 7.80. The topological polar surface area (TPSA) is 72.7 Å². The largest absolute Gasteiger partial charge is 0.306 e. The van der Waals surface area contributed by atoms with Crippen molar-refractivity contribution in [3.05, 3.63) is 63.1 Å². The first kappa shape index (κ1) is 18.5. The predicted molar refractivity (Wildman–Crippen MR) is 108 cm³/mol. The second-order valence-electron chi connectivity index (χ2n) is 6.37. The van der Waals surface area contributed by atoms with E-state index in [1.165, 1.54) is 16.8 Å². The second kappa shape index (κ2) is 6.96. The molecule has 9 heteroatoms. The first-order chi connectivity index (χ1) is 13.3. The molecule has 0 atom stereocenters. The number of aryl methyl sites for hydroxylation is 3. The summed E-state index contributed by atoms with van der Waals surface area (Å²) in [4.78, 5) is 21.9. The van der Waals surface area contributed by atoms with Crippen LogP contribution in [-0.4, -0.2) is 25.7 Å². The van der Waals surface area contributed by atoms with Gasteiger partial charge in [-0.3, -0.25) is 4.79 Å². The third-order valence-corrected chi connectivity index (χ3v) is 5.69. The smallest absolute Gasteiger partial charge is 0.268 e. The van der Waals surface area contributed by atoms with Crippen LogP contribution in [-0.2, 0) is 0 Å². The van der Waals surface area contributed by atoms with E-state index in [1.54, 1.807) is 12.1 Å². The summed E-state index contributed by atoms with van der Waals surface area (Å²) in [5, 5.41) is 8.13. The number of nitrogens with one attached hydrogen (secondary N) is 1. The quantitative estimate of drug-likeness (QED) is 0.519. The van der Waals surface area contributed by atoms with Gasteiger partial charge < -0.3 is 5.32 Å². The number of amides is 1. The average molecular weight is 416 g/mol. The van der Waals surface area contributed by atoms with Crippen molar-refractivity contribution in [2.24, 2.45) is 0 Å². The first-order valence-corrected chi connectivity index (χ1v) is 9.59. The Morgan fingerprint density at radius 1 is 1.11 bits per heavy atom. The monoisotopic (exact) mass is 415 g/mol. The molecule has 0 aliphatic rings. The van der Waals surface area contributed by atoms with Gasteiger partial charge in [-0.05, 0) is 45.0 Å². The molecule has 28 heavy (non-hydrogen) atoms. The van der Waals surface area contributed by atoms with Crippen molar-refractivity contribution in [1.82, 2.24) is 19.7 Å². The Kier molecular flexibility index (Phi) is 4.60.